The molecule has 1 heterocycles. The van der Waals surface area contributed by atoms with Crippen LogP contribution in [0.25, 0.3) is 0 Å². The molecule has 1 unspecified atom stereocenters. The van der Waals surface area contributed by atoms with Crippen molar-refractivity contribution in [2.75, 3.05) is 6.73 Å². The van der Waals surface area contributed by atoms with E-state index >= 15 is 0 Å². The first-order valence-electron chi connectivity index (χ1n) is 7.00. The number of urea groups is 1. The molecule has 3 amide bonds. The smallest absolute Gasteiger partial charge is 0.315 e. The molecule has 1 N–H and O–H groups in total. The number of hydrogen-bond acceptors (Lipinski definition) is 4. The highest BCUT2D eigenvalue weighted by molar-refractivity contribution is 7.17. The first-order valence-corrected chi connectivity index (χ1v) is 7.95. The fourth-order valence-electron chi connectivity index (χ4n) is 2.73. The summed E-state index contributed by atoms with van der Waals surface area (Å²) in [5.41, 5.74) is 0.00399. The molecule has 0 spiro atoms. The van der Waals surface area contributed by atoms with Crippen molar-refractivity contribution in [2.45, 2.75) is 5.54 Å². The third-order valence-electron chi connectivity index (χ3n) is 3.79. The molecule has 6 nitrogen and oxygen atoms in total. The molecule has 23 heavy (non-hydrogen) atoms. The molecule has 0 radical (unpaired) electrons. The second-order valence-corrected chi connectivity index (χ2v) is 5.56. The summed E-state index contributed by atoms with van der Waals surface area (Å²) in [6, 6.07) is 17.5. The van der Waals surface area contributed by atoms with Gasteiger partial charge in [-0.3, -0.25) is 9.36 Å². The topological polar surface area (TPSA) is 75.7 Å². The Kier molecular flexibility index (Phi) is 4.28. The van der Waals surface area contributed by atoms with Gasteiger partial charge < -0.3 is 9.84 Å². The first-order chi connectivity index (χ1) is 11.2. The molecule has 3 rings (SSSR count). The van der Waals surface area contributed by atoms with E-state index in [1.165, 1.54) is 0 Å². The van der Waals surface area contributed by atoms with E-state index in [0.29, 0.717) is 11.1 Å². The van der Waals surface area contributed by atoms with Crippen molar-refractivity contribution in [3.63, 3.8) is 0 Å². The molecule has 1 saturated heterocycles. The minimum Gasteiger partial charge on any atom is -0.315 e. The lowest BCUT2D eigenvalue weighted by Crippen LogP contribution is -2.45. The lowest BCUT2D eigenvalue weighted by Gasteiger charge is -2.27. The van der Waals surface area contributed by atoms with Gasteiger partial charge in [-0.25, -0.2) is 9.69 Å². The molecule has 0 aromatic heterocycles. The third kappa shape index (κ3) is 2.56. The van der Waals surface area contributed by atoms with Gasteiger partial charge in [0.15, 0.2) is 14.2 Å². The van der Waals surface area contributed by atoms with Crippen LogP contribution in [0.1, 0.15) is 11.1 Å². The van der Waals surface area contributed by atoms with Crippen LogP contribution >= 0.6 is 8.69 Å². The fraction of sp³-hybridized carbons (Fsp3) is 0.125. The Balaban J connectivity index is 2.13. The van der Waals surface area contributed by atoms with Crippen LogP contribution in [0.5, 0.6) is 0 Å². The molecule has 1 fully saturated rings. The van der Waals surface area contributed by atoms with Crippen LogP contribution in [-0.2, 0) is 19.4 Å². The Morgan fingerprint density at radius 1 is 0.957 bits per heavy atom. The van der Waals surface area contributed by atoms with Gasteiger partial charge in [0.2, 0.25) is 0 Å². The van der Waals surface area contributed by atoms with E-state index in [0.717, 1.165) is 4.90 Å². The average molecular weight is 330 g/mol. The Morgan fingerprint density at radius 3 is 1.96 bits per heavy atom. The molecule has 1 aliphatic rings. The summed E-state index contributed by atoms with van der Waals surface area (Å²) in [6.07, 6.45) is 0. The van der Waals surface area contributed by atoms with E-state index in [2.05, 4.69) is 5.32 Å². The second kappa shape index (κ2) is 6.36. The van der Waals surface area contributed by atoms with Gasteiger partial charge in [0.05, 0.1) is 0 Å². The predicted octanol–water partition coefficient (Wildman–Crippen LogP) is 2.13. The van der Waals surface area contributed by atoms with E-state index in [-0.39, 0.29) is 6.73 Å². The molecule has 1 atom stereocenters. The molecule has 0 saturated carbocycles. The molecule has 1 aliphatic heterocycles. The number of rotatable bonds is 5. The summed E-state index contributed by atoms with van der Waals surface area (Å²) in [7, 11) is -1.50. The summed E-state index contributed by atoms with van der Waals surface area (Å²) in [5.74, 6) is -0.451. The summed E-state index contributed by atoms with van der Waals surface area (Å²) in [6.45, 7) is -0.328. The van der Waals surface area contributed by atoms with Crippen molar-refractivity contribution in [3.8, 4) is 0 Å². The Bertz CT molecular complexity index is 697. The Labute approximate surface area is 134 Å². The minimum atomic E-state index is -1.50. The molecular weight excluding hydrogens is 315 g/mol. The number of nitrogens with zero attached hydrogens (tertiary/aromatic N) is 1. The van der Waals surface area contributed by atoms with Crippen LogP contribution in [0.3, 0.4) is 0 Å². The van der Waals surface area contributed by atoms with Gasteiger partial charge in [0, 0.05) is 0 Å². The van der Waals surface area contributed by atoms with E-state index < -0.39 is 26.2 Å². The number of nitrogens with one attached hydrogen (secondary N) is 1. The van der Waals surface area contributed by atoms with E-state index in [1.807, 2.05) is 12.1 Å². The van der Waals surface area contributed by atoms with Gasteiger partial charge in [-0.15, -0.1) is 0 Å². The number of imide groups is 1. The summed E-state index contributed by atoms with van der Waals surface area (Å²) in [4.78, 5) is 26.2. The van der Waals surface area contributed by atoms with E-state index in [4.69, 9.17) is 4.52 Å². The number of amides is 3. The molecule has 7 heteroatoms. The highest BCUT2D eigenvalue weighted by atomic mass is 31.1. The van der Waals surface area contributed by atoms with E-state index in [1.54, 1.807) is 48.5 Å². The highest BCUT2D eigenvalue weighted by Gasteiger charge is 2.53. The Hall–Kier alpha value is -2.43. The second-order valence-electron chi connectivity index (χ2n) is 5.04. The third-order valence-corrected chi connectivity index (χ3v) is 4.08. The van der Waals surface area contributed by atoms with Crippen molar-refractivity contribution in [2.24, 2.45) is 0 Å². The lowest BCUT2D eigenvalue weighted by atomic mass is 9.83. The Morgan fingerprint density at radius 2 is 1.48 bits per heavy atom. The molecule has 0 aliphatic carbocycles. The zero-order valence-electron chi connectivity index (χ0n) is 12.1. The largest absolute Gasteiger partial charge is 0.327 e. The van der Waals surface area contributed by atoms with Crippen molar-refractivity contribution in [1.29, 1.82) is 0 Å². The summed E-state index contributed by atoms with van der Waals surface area (Å²) >= 11 is 0. The molecular formula is C16H15N2O4P. The van der Waals surface area contributed by atoms with Crippen LogP contribution in [-0.4, -0.2) is 23.6 Å². The molecule has 2 aromatic rings. The number of benzene rings is 2. The maximum atomic E-state index is 13.0. The van der Waals surface area contributed by atoms with Crippen LogP contribution in [0.4, 0.5) is 4.79 Å². The summed E-state index contributed by atoms with van der Waals surface area (Å²) < 4.78 is 15.4. The van der Waals surface area contributed by atoms with Crippen LogP contribution in [0, 0.1) is 0 Å². The van der Waals surface area contributed by atoms with Crippen molar-refractivity contribution in [3.05, 3.63) is 71.8 Å². The van der Waals surface area contributed by atoms with Gasteiger partial charge in [0.1, 0.15) is 6.73 Å². The fourth-order valence-corrected chi connectivity index (χ4v) is 2.94. The van der Waals surface area contributed by atoms with Gasteiger partial charge in [-0.05, 0) is 11.1 Å². The lowest BCUT2D eigenvalue weighted by molar-refractivity contribution is -0.132. The first kappa shape index (κ1) is 15.5. The zero-order valence-corrected chi connectivity index (χ0v) is 13.3. The van der Waals surface area contributed by atoms with Gasteiger partial charge in [-0.2, -0.15) is 0 Å². The molecule has 0 bridgehead atoms. The molecule has 2 aromatic carbocycles. The van der Waals surface area contributed by atoms with E-state index in [9.17, 15) is 14.2 Å². The van der Waals surface area contributed by atoms with Gasteiger partial charge >= 0.3 is 6.03 Å². The normalized spacial score (nSPS) is 17.0. The monoisotopic (exact) mass is 330 g/mol. The summed E-state index contributed by atoms with van der Waals surface area (Å²) in [5, 5.41) is 2.77. The van der Waals surface area contributed by atoms with Crippen LogP contribution in [0.2, 0.25) is 0 Å². The minimum absolute atomic E-state index is 0.328. The van der Waals surface area contributed by atoms with Gasteiger partial charge in [0.25, 0.3) is 5.91 Å². The van der Waals surface area contributed by atoms with Crippen molar-refractivity contribution in [1.82, 2.24) is 10.2 Å². The number of hydrogen-bond donors (Lipinski definition) is 1. The molecule has 118 valence electrons. The SMILES string of the molecule is O=[PH2]OCN1C(=O)NC(c2ccccc2)(c2ccccc2)C1=O. The zero-order chi connectivity index (χ0) is 16.3. The van der Waals surface area contributed by atoms with Crippen molar-refractivity contribution < 1.29 is 18.7 Å². The average Bonchev–Trinajstić information content (AvgIpc) is 2.86. The number of carbonyl (C=O) groups is 2. The standard InChI is InChI=1S/C16H15N2O4P/c19-14-16(12-7-3-1-4-8-12,13-9-5-2-6-10-13)17-15(20)18(14)11-22-23-21/h1-10H,11,23H2,(H,17,20). The van der Waals surface area contributed by atoms with Crippen LogP contribution in [0.15, 0.2) is 60.7 Å². The maximum absolute atomic E-state index is 13.0. The predicted molar refractivity (Wildman–Crippen MR) is 85.4 cm³/mol. The maximum Gasteiger partial charge on any atom is 0.327 e. The van der Waals surface area contributed by atoms with Crippen molar-refractivity contribution >= 4 is 20.6 Å². The quantitative estimate of drug-likeness (QED) is 0.673. The number of carbonyl (C=O) groups excluding carboxylic acids is 2. The van der Waals surface area contributed by atoms with Gasteiger partial charge in [-0.1, -0.05) is 60.7 Å². The highest BCUT2D eigenvalue weighted by Crippen LogP contribution is 2.35. The van der Waals surface area contributed by atoms with Crippen LogP contribution < -0.4 is 5.32 Å².